The number of aromatic nitrogens is 3. The van der Waals surface area contributed by atoms with Crippen molar-refractivity contribution in [3.8, 4) is 17.2 Å². The Bertz CT molecular complexity index is 1570. The Morgan fingerprint density at radius 1 is 1.03 bits per heavy atom. The van der Waals surface area contributed by atoms with Gasteiger partial charge in [-0.05, 0) is 67.1 Å². The molecule has 9 heteroatoms. The van der Waals surface area contributed by atoms with Gasteiger partial charge < -0.3 is 9.15 Å². The zero-order chi connectivity index (χ0) is 25.2. The molecule has 5 aromatic rings. The van der Waals surface area contributed by atoms with Crippen LogP contribution in [0, 0.1) is 6.92 Å². The molecule has 0 aliphatic heterocycles. The number of fused-ring (bicyclic) bond motifs is 1. The van der Waals surface area contributed by atoms with Gasteiger partial charge >= 0.3 is 6.01 Å². The molecule has 3 aromatic carbocycles. The largest absolute Gasteiger partial charge is 0.497 e. The number of carbonyl (C=O) groups excluding carboxylic acids is 2. The minimum absolute atomic E-state index is 0.00457. The van der Waals surface area contributed by atoms with Crippen LogP contribution in [0.15, 0.2) is 77.2 Å². The number of benzene rings is 3. The van der Waals surface area contributed by atoms with Crippen LogP contribution in [0.2, 0.25) is 5.02 Å². The van der Waals surface area contributed by atoms with Gasteiger partial charge in [-0.2, -0.15) is 0 Å². The highest BCUT2D eigenvalue weighted by atomic mass is 35.5. The van der Waals surface area contributed by atoms with Crippen LogP contribution in [-0.4, -0.2) is 33.7 Å². The average Bonchev–Trinajstić information content (AvgIpc) is 3.46. The number of hydrogen-bond donors (Lipinski definition) is 1. The molecule has 5 rings (SSSR count). The van der Waals surface area contributed by atoms with Gasteiger partial charge in [0.25, 0.3) is 5.91 Å². The molecule has 2 heterocycles. The number of ether oxygens (including phenoxy) is 1. The third-order valence-corrected chi connectivity index (χ3v) is 6.12. The first-order valence-corrected chi connectivity index (χ1v) is 11.5. The molecule has 0 radical (unpaired) electrons. The molecule has 0 saturated carbocycles. The second kappa shape index (κ2) is 9.67. The molecule has 0 saturated heterocycles. The van der Waals surface area contributed by atoms with E-state index in [0.29, 0.717) is 39.0 Å². The molecule has 0 atom stereocenters. The minimum Gasteiger partial charge on any atom is -0.497 e. The summed E-state index contributed by atoms with van der Waals surface area (Å²) >= 11 is 5.99. The maximum atomic E-state index is 13.4. The van der Waals surface area contributed by atoms with Gasteiger partial charge in [-0.15, -0.1) is 5.10 Å². The summed E-state index contributed by atoms with van der Waals surface area (Å²) in [7, 11) is 1.57. The van der Waals surface area contributed by atoms with Crippen molar-refractivity contribution < 1.29 is 18.7 Å². The van der Waals surface area contributed by atoms with Crippen LogP contribution in [0.25, 0.3) is 22.4 Å². The number of amides is 1. The predicted octanol–water partition coefficient (Wildman–Crippen LogP) is 5.53. The second-order valence-corrected chi connectivity index (χ2v) is 8.53. The average molecular weight is 501 g/mol. The topological polar surface area (TPSA) is 99.2 Å². The third-order valence-electron chi connectivity index (χ3n) is 5.87. The highest BCUT2D eigenvalue weighted by Gasteiger charge is 2.23. The van der Waals surface area contributed by atoms with E-state index >= 15 is 0 Å². The first-order valence-electron chi connectivity index (χ1n) is 11.1. The first-order chi connectivity index (χ1) is 17.4. The summed E-state index contributed by atoms with van der Waals surface area (Å²) < 4.78 is 12.6. The molecule has 2 aromatic heterocycles. The van der Waals surface area contributed by atoms with Gasteiger partial charge in [-0.1, -0.05) is 34.9 Å². The Hall–Kier alpha value is -4.43. The lowest BCUT2D eigenvalue weighted by molar-refractivity contribution is -0.115. The molecule has 0 spiro atoms. The van der Waals surface area contributed by atoms with Crippen molar-refractivity contribution in [1.82, 2.24) is 14.8 Å². The highest BCUT2D eigenvalue weighted by molar-refractivity contribution is 6.30. The van der Waals surface area contributed by atoms with E-state index in [4.69, 9.17) is 20.8 Å². The fourth-order valence-electron chi connectivity index (χ4n) is 4.09. The van der Waals surface area contributed by atoms with Crippen LogP contribution in [0.5, 0.6) is 5.75 Å². The molecule has 180 valence electrons. The number of carbonyl (C=O) groups is 2. The van der Waals surface area contributed by atoms with Crippen molar-refractivity contribution in [2.75, 3.05) is 12.4 Å². The van der Waals surface area contributed by atoms with Gasteiger partial charge in [0.15, 0.2) is 0 Å². The van der Waals surface area contributed by atoms with Gasteiger partial charge in [-0.25, -0.2) is 0 Å². The van der Waals surface area contributed by atoms with Crippen molar-refractivity contribution in [2.45, 2.75) is 13.3 Å². The lowest BCUT2D eigenvalue weighted by Crippen LogP contribution is -2.17. The van der Waals surface area contributed by atoms with E-state index in [0.717, 1.165) is 10.9 Å². The Balaban J connectivity index is 1.47. The lowest BCUT2D eigenvalue weighted by atomic mass is 10.1. The first kappa shape index (κ1) is 23.3. The Kier molecular flexibility index (Phi) is 6.26. The number of anilines is 1. The maximum Gasteiger partial charge on any atom is 0.322 e. The molecule has 8 nitrogen and oxygen atoms in total. The van der Waals surface area contributed by atoms with E-state index in [1.807, 2.05) is 43.3 Å². The fourth-order valence-corrected chi connectivity index (χ4v) is 4.22. The number of hydrogen-bond acceptors (Lipinski definition) is 6. The standard InChI is InChI=1S/C27H21ClN4O4/c1-16-21(15-24(33)29-27-31-30-25(36-27)17-6-4-3-5-7-17)22-14-20(35-2)12-13-23(22)32(16)26(34)18-8-10-19(28)11-9-18/h3-14H,15H2,1-2H3,(H,29,31,33). The molecular formula is C27H21ClN4O4. The monoisotopic (exact) mass is 500 g/mol. The minimum atomic E-state index is -0.359. The SMILES string of the molecule is COc1ccc2c(c1)c(CC(=O)Nc1nnc(-c3ccccc3)o1)c(C)n2C(=O)c1ccc(Cl)cc1. The van der Waals surface area contributed by atoms with Crippen molar-refractivity contribution in [3.05, 3.63) is 94.6 Å². The zero-order valence-corrected chi connectivity index (χ0v) is 20.2. The molecule has 1 N–H and O–H groups in total. The van der Waals surface area contributed by atoms with Crippen molar-refractivity contribution in [1.29, 1.82) is 0 Å². The summed E-state index contributed by atoms with van der Waals surface area (Å²) in [4.78, 5) is 26.4. The van der Waals surface area contributed by atoms with Crippen molar-refractivity contribution in [2.24, 2.45) is 0 Å². The van der Waals surface area contributed by atoms with Crippen molar-refractivity contribution >= 4 is 40.3 Å². The predicted molar refractivity (Wildman–Crippen MR) is 136 cm³/mol. The molecule has 1 amide bonds. The van der Waals surface area contributed by atoms with Gasteiger partial charge in [0.2, 0.25) is 11.8 Å². The van der Waals surface area contributed by atoms with Gasteiger partial charge in [-0.3, -0.25) is 19.5 Å². The summed E-state index contributed by atoms with van der Waals surface area (Å²) in [5.74, 6) is 0.333. The summed E-state index contributed by atoms with van der Waals surface area (Å²) in [6.07, 6.45) is -0.0144. The van der Waals surface area contributed by atoms with E-state index in [9.17, 15) is 9.59 Å². The van der Waals surface area contributed by atoms with E-state index in [1.54, 1.807) is 48.1 Å². The van der Waals surface area contributed by atoms with Crippen molar-refractivity contribution in [3.63, 3.8) is 0 Å². The Morgan fingerprint density at radius 2 is 1.78 bits per heavy atom. The van der Waals surface area contributed by atoms with Crippen LogP contribution in [0.4, 0.5) is 6.01 Å². The zero-order valence-electron chi connectivity index (χ0n) is 19.5. The number of nitrogens with zero attached hydrogens (tertiary/aromatic N) is 3. The molecule has 0 aliphatic carbocycles. The number of rotatable bonds is 6. The molecule has 0 fully saturated rings. The third kappa shape index (κ3) is 4.46. The van der Waals surface area contributed by atoms with Crippen LogP contribution in [-0.2, 0) is 11.2 Å². The van der Waals surface area contributed by atoms with Crippen LogP contribution < -0.4 is 10.1 Å². The second-order valence-electron chi connectivity index (χ2n) is 8.10. The number of halogens is 1. The smallest absolute Gasteiger partial charge is 0.322 e. The molecule has 0 bridgehead atoms. The van der Waals surface area contributed by atoms with E-state index < -0.39 is 0 Å². The molecule has 0 unspecified atom stereocenters. The Labute approximate surface area is 211 Å². The maximum absolute atomic E-state index is 13.4. The highest BCUT2D eigenvalue weighted by Crippen LogP contribution is 2.31. The normalized spacial score (nSPS) is 11.0. The van der Waals surface area contributed by atoms with E-state index in [-0.39, 0.29) is 24.2 Å². The van der Waals surface area contributed by atoms with Gasteiger partial charge in [0.05, 0.1) is 19.0 Å². The molecule has 36 heavy (non-hydrogen) atoms. The molecule has 0 aliphatic rings. The van der Waals surface area contributed by atoms with Crippen LogP contribution in [0.3, 0.4) is 0 Å². The summed E-state index contributed by atoms with van der Waals surface area (Å²) in [6.45, 7) is 1.81. The summed E-state index contributed by atoms with van der Waals surface area (Å²) in [6, 6.07) is 21.3. The van der Waals surface area contributed by atoms with Gasteiger partial charge in [0.1, 0.15) is 5.75 Å². The fraction of sp³-hybridized carbons (Fsp3) is 0.111. The number of methoxy groups -OCH3 is 1. The van der Waals surface area contributed by atoms with E-state index in [2.05, 4.69) is 15.5 Å². The van der Waals surface area contributed by atoms with Crippen LogP contribution >= 0.6 is 11.6 Å². The summed E-state index contributed by atoms with van der Waals surface area (Å²) in [5, 5.41) is 11.9. The summed E-state index contributed by atoms with van der Waals surface area (Å²) in [5.41, 5.74) is 3.22. The van der Waals surface area contributed by atoms with Gasteiger partial charge in [0, 0.05) is 27.2 Å². The number of nitrogens with one attached hydrogen (secondary N) is 1. The van der Waals surface area contributed by atoms with E-state index in [1.165, 1.54) is 0 Å². The lowest BCUT2D eigenvalue weighted by Gasteiger charge is -2.08. The Morgan fingerprint density at radius 3 is 2.50 bits per heavy atom. The molecular weight excluding hydrogens is 480 g/mol. The quantitative estimate of drug-likeness (QED) is 0.329. The van der Waals surface area contributed by atoms with Crippen LogP contribution in [0.1, 0.15) is 21.6 Å².